The van der Waals surface area contributed by atoms with Crippen molar-refractivity contribution in [2.45, 2.75) is 18.9 Å². The second kappa shape index (κ2) is 4.92. The molecule has 2 N–H and O–H groups in total. The molecule has 0 spiro atoms. The molecule has 1 aliphatic carbocycles. The molecule has 6 nitrogen and oxygen atoms in total. The van der Waals surface area contributed by atoms with Gasteiger partial charge in [-0.1, -0.05) is 5.16 Å². The molecule has 0 saturated heterocycles. The van der Waals surface area contributed by atoms with Crippen molar-refractivity contribution in [1.82, 2.24) is 15.1 Å². The third-order valence-electron chi connectivity index (χ3n) is 3.83. The third kappa shape index (κ3) is 2.39. The molecule has 1 saturated carbocycles. The third-order valence-corrected chi connectivity index (χ3v) is 4.74. The number of hydrogen-bond donors (Lipinski definition) is 2. The number of hydrogen-bond acceptors (Lipinski definition) is 7. The van der Waals surface area contributed by atoms with Gasteiger partial charge in [-0.3, -0.25) is 0 Å². The van der Waals surface area contributed by atoms with E-state index in [1.807, 2.05) is 29.6 Å². The molecule has 23 heavy (non-hydrogen) atoms. The lowest BCUT2D eigenvalue weighted by Gasteiger charge is -2.09. The monoisotopic (exact) mass is 323 g/mol. The van der Waals surface area contributed by atoms with Crippen LogP contribution in [0.2, 0.25) is 0 Å². The smallest absolute Gasteiger partial charge is 0.229 e. The van der Waals surface area contributed by atoms with Gasteiger partial charge in [0.1, 0.15) is 5.82 Å². The molecule has 1 fully saturated rings. The van der Waals surface area contributed by atoms with Crippen molar-refractivity contribution >= 4 is 50.0 Å². The highest BCUT2D eigenvalue weighted by Crippen LogP contribution is 2.32. The van der Waals surface area contributed by atoms with Crippen LogP contribution in [0.25, 0.3) is 21.2 Å². The van der Waals surface area contributed by atoms with Gasteiger partial charge < -0.3 is 15.2 Å². The molecule has 4 aromatic rings. The highest BCUT2D eigenvalue weighted by molar-refractivity contribution is 7.17. The van der Waals surface area contributed by atoms with Gasteiger partial charge in [0.25, 0.3) is 0 Å². The van der Waals surface area contributed by atoms with E-state index in [4.69, 9.17) is 4.52 Å². The van der Waals surface area contributed by atoms with Crippen LogP contribution in [0, 0.1) is 0 Å². The van der Waals surface area contributed by atoms with E-state index < -0.39 is 0 Å². The van der Waals surface area contributed by atoms with Gasteiger partial charge in [0, 0.05) is 17.1 Å². The lowest BCUT2D eigenvalue weighted by molar-refractivity contribution is 0.456. The molecule has 0 bridgehead atoms. The predicted molar refractivity (Wildman–Crippen MR) is 91.4 cm³/mol. The zero-order chi connectivity index (χ0) is 15.2. The van der Waals surface area contributed by atoms with E-state index in [2.05, 4.69) is 25.8 Å². The minimum Gasteiger partial charge on any atom is -0.366 e. The maximum absolute atomic E-state index is 5.12. The van der Waals surface area contributed by atoms with Crippen LogP contribution >= 0.6 is 11.3 Å². The summed E-state index contributed by atoms with van der Waals surface area (Å²) in [6.07, 6.45) is 4.12. The summed E-state index contributed by atoms with van der Waals surface area (Å²) in [7, 11) is 0. The van der Waals surface area contributed by atoms with Gasteiger partial charge in [0.2, 0.25) is 5.95 Å². The Bertz CT molecular complexity index is 1000. The van der Waals surface area contributed by atoms with Crippen molar-refractivity contribution in [3.63, 3.8) is 0 Å². The van der Waals surface area contributed by atoms with E-state index in [9.17, 15) is 0 Å². The fraction of sp³-hybridized carbons (Fsp3) is 0.188. The van der Waals surface area contributed by atoms with E-state index in [1.54, 1.807) is 17.5 Å². The Kier molecular flexibility index (Phi) is 2.75. The van der Waals surface area contributed by atoms with E-state index >= 15 is 0 Å². The lowest BCUT2D eigenvalue weighted by atomic mass is 10.2. The summed E-state index contributed by atoms with van der Waals surface area (Å²) in [5.41, 5.74) is 2.63. The Labute approximate surface area is 135 Å². The predicted octanol–water partition coefficient (Wildman–Crippen LogP) is 4.15. The molecule has 0 unspecified atom stereocenters. The van der Waals surface area contributed by atoms with Gasteiger partial charge in [0.15, 0.2) is 5.58 Å². The van der Waals surface area contributed by atoms with E-state index in [0.29, 0.717) is 12.0 Å². The largest absolute Gasteiger partial charge is 0.366 e. The maximum atomic E-state index is 5.12. The van der Waals surface area contributed by atoms with Crippen LogP contribution in [-0.4, -0.2) is 21.2 Å². The molecular weight excluding hydrogens is 310 g/mol. The molecule has 1 aromatic carbocycles. The number of benzene rings is 1. The molecule has 0 amide bonds. The van der Waals surface area contributed by atoms with Crippen LogP contribution in [-0.2, 0) is 0 Å². The summed E-state index contributed by atoms with van der Waals surface area (Å²) in [5.74, 6) is 1.51. The molecule has 1 aliphatic rings. The fourth-order valence-electron chi connectivity index (χ4n) is 2.52. The first-order valence-electron chi connectivity index (χ1n) is 7.48. The first-order chi connectivity index (χ1) is 11.3. The number of thiophene rings is 1. The normalized spacial score (nSPS) is 14.4. The Morgan fingerprint density at radius 1 is 1.17 bits per heavy atom. The molecule has 0 atom stereocenters. The molecule has 0 aliphatic heterocycles. The van der Waals surface area contributed by atoms with Crippen LogP contribution in [0.1, 0.15) is 12.8 Å². The average molecular weight is 323 g/mol. The maximum Gasteiger partial charge on any atom is 0.229 e. The molecule has 3 aromatic heterocycles. The van der Waals surface area contributed by atoms with Crippen molar-refractivity contribution in [1.29, 1.82) is 0 Å². The lowest BCUT2D eigenvalue weighted by Crippen LogP contribution is -2.06. The second-order valence-corrected chi connectivity index (χ2v) is 6.57. The van der Waals surface area contributed by atoms with Crippen molar-refractivity contribution in [2.75, 3.05) is 10.6 Å². The Morgan fingerprint density at radius 2 is 2.13 bits per heavy atom. The summed E-state index contributed by atoms with van der Waals surface area (Å²) >= 11 is 1.67. The van der Waals surface area contributed by atoms with Crippen LogP contribution in [0.5, 0.6) is 0 Å². The van der Waals surface area contributed by atoms with Gasteiger partial charge in [-0.25, -0.2) is 4.98 Å². The van der Waals surface area contributed by atoms with Gasteiger partial charge in [-0.05, 0) is 42.5 Å². The van der Waals surface area contributed by atoms with Crippen molar-refractivity contribution in [3.05, 3.63) is 35.8 Å². The van der Waals surface area contributed by atoms with Gasteiger partial charge in [0.05, 0.1) is 16.4 Å². The minimum absolute atomic E-state index is 0.552. The summed E-state index contributed by atoms with van der Waals surface area (Å²) < 4.78 is 6.23. The molecule has 7 heteroatoms. The number of nitrogens with zero attached hydrogens (tertiary/aromatic N) is 3. The Morgan fingerprint density at radius 3 is 3.04 bits per heavy atom. The SMILES string of the molecule is c1cc2nc(Nc3ccc4oncc4c3)nc(NC3CC3)c2s1. The van der Waals surface area contributed by atoms with Crippen LogP contribution in [0.3, 0.4) is 0 Å². The zero-order valence-electron chi connectivity index (χ0n) is 12.1. The first kappa shape index (κ1) is 12.8. The average Bonchev–Trinajstić information content (AvgIpc) is 3.06. The summed E-state index contributed by atoms with van der Waals surface area (Å²) in [6, 6.07) is 8.37. The fourth-order valence-corrected chi connectivity index (χ4v) is 3.30. The van der Waals surface area contributed by atoms with Crippen LogP contribution in [0.4, 0.5) is 17.5 Å². The molecule has 0 radical (unpaired) electrons. The molecule has 5 rings (SSSR count). The highest BCUT2D eigenvalue weighted by atomic mass is 32.1. The van der Waals surface area contributed by atoms with Gasteiger partial charge >= 0.3 is 0 Å². The van der Waals surface area contributed by atoms with Crippen molar-refractivity contribution in [3.8, 4) is 0 Å². The second-order valence-electron chi connectivity index (χ2n) is 5.65. The van der Waals surface area contributed by atoms with Crippen LogP contribution in [0.15, 0.2) is 40.4 Å². The van der Waals surface area contributed by atoms with Gasteiger partial charge in [-0.2, -0.15) is 4.98 Å². The summed E-state index contributed by atoms with van der Waals surface area (Å²) in [4.78, 5) is 9.25. The molecule has 3 heterocycles. The zero-order valence-corrected chi connectivity index (χ0v) is 12.9. The quantitative estimate of drug-likeness (QED) is 0.587. The highest BCUT2D eigenvalue weighted by Gasteiger charge is 2.23. The van der Waals surface area contributed by atoms with Crippen molar-refractivity contribution in [2.24, 2.45) is 0 Å². The summed E-state index contributed by atoms with van der Waals surface area (Å²) in [5, 5.41) is 13.6. The number of nitrogens with one attached hydrogen (secondary N) is 2. The minimum atomic E-state index is 0.552. The Balaban J connectivity index is 1.53. The van der Waals surface area contributed by atoms with E-state index in [1.165, 1.54) is 12.8 Å². The number of anilines is 3. The van der Waals surface area contributed by atoms with Gasteiger partial charge in [-0.15, -0.1) is 11.3 Å². The first-order valence-corrected chi connectivity index (χ1v) is 8.36. The van der Waals surface area contributed by atoms with E-state index in [0.717, 1.165) is 32.7 Å². The van der Waals surface area contributed by atoms with Crippen molar-refractivity contribution < 1.29 is 4.52 Å². The number of rotatable bonds is 4. The van der Waals surface area contributed by atoms with E-state index in [-0.39, 0.29) is 0 Å². The molecular formula is C16H13N5OS. The number of aromatic nitrogens is 3. The Hall–Kier alpha value is -2.67. The molecule has 114 valence electrons. The summed E-state index contributed by atoms with van der Waals surface area (Å²) in [6.45, 7) is 0. The standard InChI is InChI=1S/C16H13N5OS/c1-2-10(1)18-15-14-12(5-6-23-14)20-16(21-15)19-11-3-4-13-9(7-11)8-17-22-13/h3-8,10H,1-2H2,(H2,18,19,20,21). The van der Waals surface area contributed by atoms with Crippen LogP contribution < -0.4 is 10.6 Å². The number of fused-ring (bicyclic) bond motifs is 2. The topological polar surface area (TPSA) is 75.9 Å².